The van der Waals surface area contributed by atoms with Crippen molar-refractivity contribution in [3.8, 4) is 5.95 Å². The minimum Gasteiger partial charge on any atom is -0.325 e. The molecule has 0 radical (unpaired) electrons. The number of aromatic nitrogens is 4. The van der Waals surface area contributed by atoms with Crippen LogP contribution in [0.2, 0.25) is 0 Å². The zero-order valence-corrected chi connectivity index (χ0v) is 16.8. The van der Waals surface area contributed by atoms with Gasteiger partial charge >= 0.3 is 0 Å². The second kappa shape index (κ2) is 8.79. The fourth-order valence-electron chi connectivity index (χ4n) is 3.00. The topological polar surface area (TPSA) is 64.7 Å². The molecule has 1 amide bonds. The molecule has 0 spiro atoms. The highest BCUT2D eigenvalue weighted by Crippen LogP contribution is 2.21. The number of nitrogens with zero attached hydrogens (tertiary/aromatic N) is 4. The molecular weight excluding hydrogens is 382 g/mol. The Kier molecular flexibility index (Phi) is 5.76. The number of thioether (sulfide) groups is 1. The number of aryl methyl sites for hydroxylation is 1. The van der Waals surface area contributed by atoms with Crippen molar-refractivity contribution in [1.29, 1.82) is 0 Å². The highest BCUT2D eigenvalue weighted by atomic mass is 32.2. The molecule has 0 saturated heterocycles. The second-order valence-electron chi connectivity index (χ2n) is 6.65. The molecule has 4 aromatic rings. The number of rotatable bonds is 7. The Morgan fingerprint density at radius 3 is 2.55 bits per heavy atom. The van der Waals surface area contributed by atoms with Crippen molar-refractivity contribution >= 4 is 23.4 Å². The van der Waals surface area contributed by atoms with Gasteiger partial charge in [-0.05, 0) is 42.3 Å². The van der Waals surface area contributed by atoms with Crippen LogP contribution in [0.15, 0.2) is 84.3 Å². The first-order valence-corrected chi connectivity index (χ1v) is 10.3. The van der Waals surface area contributed by atoms with Crippen molar-refractivity contribution in [2.24, 2.45) is 0 Å². The Morgan fingerprint density at radius 2 is 1.79 bits per heavy atom. The van der Waals surface area contributed by atoms with Gasteiger partial charge in [0.15, 0.2) is 5.16 Å². The van der Waals surface area contributed by atoms with Gasteiger partial charge in [-0.25, -0.2) is 0 Å². The molecule has 0 bridgehead atoms. The Bertz CT molecular complexity index is 1090. The van der Waals surface area contributed by atoms with Gasteiger partial charge in [-0.3, -0.25) is 13.9 Å². The third kappa shape index (κ3) is 4.75. The maximum Gasteiger partial charge on any atom is 0.236 e. The average Bonchev–Trinajstić information content (AvgIpc) is 3.37. The van der Waals surface area contributed by atoms with Gasteiger partial charge < -0.3 is 5.32 Å². The number of anilines is 1. The summed E-state index contributed by atoms with van der Waals surface area (Å²) in [5, 5.41) is 12.3. The van der Waals surface area contributed by atoms with E-state index in [1.165, 1.54) is 11.8 Å². The molecule has 0 unspecified atom stereocenters. The lowest BCUT2D eigenvalue weighted by atomic mass is 10.2. The van der Waals surface area contributed by atoms with Crippen molar-refractivity contribution in [1.82, 2.24) is 19.3 Å². The molecule has 2 heterocycles. The van der Waals surface area contributed by atoms with E-state index in [2.05, 4.69) is 27.6 Å². The molecule has 2 aromatic heterocycles. The summed E-state index contributed by atoms with van der Waals surface area (Å²) in [6.07, 6.45) is 3.87. The van der Waals surface area contributed by atoms with Gasteiger partial charge in [0, 0.05) is 18.1 Å². The number of hydrogen-bond donors (Lipinski definition) is 1. The molecule has 0 aliphatic heterocycles. The van der Waals surface area contributed by atoms with Gasteiger partial charge in [0.2, 0.25) is 11.9 Å². The van der Waals surface area contributed by atoms with E-state index < -0.39 is 0 Å². The van der Waals surface area contributed by atoms with Crippen LogP contribution in [0.1, 0.15) is 11.1 Å². The largest absolute Gasteiger partial charge is 0.325 e. The minimum atomic E-state index is -0.0719. The number of carbonyl (C=O) groups is 1. The van der Waals surface area contributed by atoms with E-state index in [1.807, 2.05) is 83.0 Å². The van der Waals surface area contributed by atoms with Crippen molar-refractivity contribution in [3.05, 3.63) is 90.3 Å². The fraction of sp³-hybridized carbons (Fsp3) is 0.136. The number of carbonyl (C=O) groups excluding carboxylic acids is 1. The van der Waals surface area contributed by atoms with Crippen LogP contribution in [0, 0.1) is 6.92 Å². The maximum atomic E-state index is 12.4. The molecule has 4 rings (SSSR count). The van der Waals surface area contributed by atoms with Crippen LogP contribution >= 0.6 is 11.8 Å². The summed E-state index contributed by atoms with van der Waals surface area (Å²) >= 11 is 1.38. The first-order chi connectivity index (χ1) is 14.2. The van der Waals surface area contributed by atoms with Gasteiger partial charge in [0.05, 0.1) is 12.3 Å². The van der Waals surface area contributed by atoms with E-state index in [-0.39, 0.29) is 11.7 Å². The van der Waals surface area contributed by atoms with E-state index in [9.17, 15) is 4.79 Å². The van der Waals surface area contributed by atoms with Crippen LogP contribution in [0.3, 0.4) is 0 Å². The van der Waals surface area contributed by atoms with Crippen molar-refractivity contribution < 1.29 is 4.79 Å². The minimum absolute atomic E-state index is 0.0719. The van der Waals surface area contributed by atoms with E-state index in [4.69, 9.17) is 0 Å². The summed E-state index contributed by atoms with van der Waals surface area (Å²) in [7, 11) is 0. The van der Waals surface area contributed by atoms with Gasteiger partial charge in [-0.1, -0.05) is 54.2 Å². The first-order valence-electron chi connectivity index (χ1n) is 9.29. The molecule has 0 saturated carbocycles. The lowest BCUT2D eigenvalue weighted by molar-refractivity contribution is -0.113. The average molecular weight is 404 g/mol. The summed E-state index contributed by atoms with van der Waals surface area (Å²) in [4.78, 5) is 12.4. The number of hydrogen-bond acceptors (Lipinski definition) is 4. The molecule has 6 nitrogen and oxygen atoms in total. The fourth-order valence-corrected chi connectivity index (χ4v) is 3.73. The predicted octanol–water partition coefficient (Wildman–Crippen LogP) is 4.16. The summed E-state index contributed by atoms with van der Waals surface area (Å²) in [5.41, 5.74) is 3.05. The van der Waals surface area contributed by atoms with Crippen LogP contribution in [-0.2, 0) is 11.3 Å². The summed E-state index contributed by atoms with van der Waals surface area (Å²) in [6.45, 7) is 2.63. The van der Waals surface area contributed by atoms with E-state index in [0.29, 0.717) is 11.7 Å². The second-order valence-corrected chi connectivity index (χ2v) is 7.59. The molecule has 0 aliphatic carbocycles. The SMILES string of the molecule is Cc1cccc(NC(=O)CSc2nnc(-n3cccc3)n2Cc2ccccc2)c1. The Morgan fingerprint density at radius 1 is 1.00 bits per heavy atom. The van der Waals surface area contributed by atoms with Gasteiger partial charge in [0.1, 0.15) is 0 Å². The third-order valence-electron chi connectivity index (χ3n) is 4.35. The zero-order valence-electron chi connectivity index (χ0n) is 16.0. The molecule has 29 heavy (non-hydrogen) atoms. The van der Waals surface area contributed by atoms with Crippen molar-refractivity contribution in [2.75, 3.05) is 11.1 Å². The smallest absolute Gasteiger partial charge is 0.236 e. The van der Waals surface area contributed by atoms with Crippen molar-refractivity contribution in [2.45, 2.75) is 18.6 Å². The maximum absolute atomic E-state index is 12.4. The van der Waals surface area contributed by atoms with E-state index in [0.717, 1.165) is 22.8 Å². The lowest BCUT2D eigenvalue weighted by Gasteiger charge is -2.11. The molecule has 1 N–H and O–H groups in total. The molecular formula is C22H21N5OS. The molecule has 146 valence electrons. The van der Waals surface area contributed by atoms with E-state index in [1.54, 1.807) is 0 Å². The molecule has 2 aromatic carbocycles. The first kappa shape index (κ1) is 19.0. The number of nitrogens with one attached hydrogen (secondary N) is 1. The highest BCUT2D eigenvalue weighted by Gasteiger charge is 2.16. The monoisotopic (exact) mass is 403 g/mol. The van der Waals surface area contributed by atoms with Crippen LogP contribution < -0.4 is 5.32 Å². The van der Waals surface area contributed by atoms with Crippen molar-refractivity contribution in [3.63, 3.8) is 0 Å². The summed E-state index contributed by atoms with van der Waals surface area (Å²) < 4.78 is 3.95. The van der Waals surface area contributed by atoms with Gasteiger partial charge in [0.25, 0.3) is 0 Å². The van der Waals surface area contributed by atoms with Crippen LogP contribution in [-0.4, -0.2) is 31.0 Å². The molecule has 0 aliphatic rings. The molecule has 0 fully saturated rings. The van der Waals surface area contributed by atoms with Gasteiger partial charge in [-0.2, -0.15) is 0 Å². The highest BCUT2D eigenvalue weighted by molar-refractivity contribution is 7.99. The molecule has 0 atom stereocenters. The Hall–Kier alpha value is -3.32. The van der Waals surface area contributed by atoms with E-state index >= 15 is 0 Å². The molecule has 7 heteroatoms. The lowest BCUT2D eigenvalue weighted by Crippen LogP contribution is -2.15. The number of amides is 1. The third-order valence-corrected chi connectivity index (χ3v) is 5.32. The zero-order chi connectivity index (χ0) is 20.1. The standard InChI is InChI=1S/C22H21N5OS/c1-17-8-7-11-19(14-17)23-20(28)16-29-22-25-24-21(26-12-5-6-13-26)27(22)15-18-9-3-2-4-10-18/h2-14H,15-16H2,1H3,(H,23,28). The number of benzene rings is 2. The quantitative estimate of drug-likeness (QED) is 0.471. The van der Waals surface area contributed by atoms with Crippen LogP contribution in [0.4, 0.5) is 5.69 Å². The summed E-state index contributed by atoms with van der Waals surface area (Å²) in [6, 6.07) is 21.8. The predicted molar refractivity (Wildman–Crippen MR) is 115 cm³/mol. The Balaban J connectivity index is 1.51. The van der Waals surface area contributed by atoms with Gasteiger partial charge in [-0.15, -0.1) is 10.2 Å². The summed E-state index contributed by atoms with van der Waals surface area (Å²) in [5.74, 6) is 0.907. The van der Waals surface area contributed by atoms with Crippen LogP contribution in [0.5, 0.6) is 0 Å². The van der Waals surface area contributed by atoms with Crippen LogP contribution in [0.25, 0.3) is 5.95 Å². The normalized spacial score (nSPS) is 10.8. The Labute approximate surface area is 173 Å².